The van der Waals surface area contributed by atoms with Gasteiger partial charge in [0.2, 0.25) is 0 Å². The fourth-order valence-electron chi connectivity index (χ4n) is 2.13. The topological polar surface area (TPSA) is 61.0 Å². The van der Waals surface area contributed by atoms with Gasteiger partial charge in [-0.25, -0.2) is 0 Å². The first kappa shape index (κ1) is 13.5. The highest BCUT2D eigenvalue weighted by Crippen LogP contribution is 2.32. The van der Waals surface area contributed by atoms with Gasteiger partial charge in [-0.2, -0.15) is 0 Å². The van der Waals surface area contributed by atoms with Crippen LogP contribution >= 0.6 is 11.5 Å². The second-order valence-corrected chi connectivity index (χ2v) is 6.33. The average molecular weight is 289 g/mol. The summed E-state index contributed by atoms with van der Waals surface area (Å²) in [6.07, 6.45) is 2.72. The van der Waals surface area contributed by atoms with E-state index in [-0.39, 0.29) is 6.04 Å². The van der Waals surface area contributed by atoms with Crippen LogP contribution in [0.3, 0.4) is 0 Å². The summed E-state index contributed by atoms with van der Waals surface area (Å²) in [5.74, 6) is 1.24. The van der Waals surface area contributed by atoms with E-state index < -0.39 is 0 Å². The molecule has 2 aromatic rings. The standard InChI is InChI=1S/C15H19N3OS/c1-9(2)14-15(20-18-17-14)13(16)10-4-3-5-12(8-10)19-11-6-7-11/h3-5,8-9,11,13H,6-7,16H2,1-2H3. The van der Waals surface area contributed by atoms with Crippen LogP contribution < -0.4 is 10.5 Å². The molecule has 3 rings (SSSR count). The van der Waals surface area contributed by atoms with Crippen molar-refractivity contribution in [2.75, 3.05) is 0 Å². The monoisotopic (exact) mass is 289 g/mol. The van der Waals surface area contributed by atoms with Gasteiger partial charge in [-0.3, -0.25) is 0 Å². The van der Waals surface area contributed by atoms with Crippen LogP contribution in [-0.2, 0) is 0 Å². The molecule has 1 atom stereocenters. The summed E-state index contributed by atoms with van der Waals surface area (Å²) in [6, 6.07) is 7.87. The van der Waals surface area contributed by atoms with Gasteiger partial charge >= 0.3 is 0 Å². The number of ether oxygens (including phenoxy) is 1. The molecule has 1 unspecified atom stereocenters. The minimum absolute atomic E-state index is 0.185. The minimum atomic E-state index is -0.185. The third kappa shape index (κ3) is 2.83. The summed E-state index contributed by atoms with van der Waals surface area (Å²) in [6.45, 7) is 4.22. The predicted octanol–water partition coefficient (Wildman–Crippen LogP) is 3.25. The second kappa shape index (κ2) is 5.50. The molecule has 2 N–H and O–H groups in total. The molecule has 0 amide bonds. The van der Waals surface area contributed by atoms with Gasteiger partial charge in [-0.05, 0) is 48.0 Å². The van der Waals surface area contributed by atoms with Gasteiger partial charge in [0.05, 0.1) is 22.7 Å². The Morgan fingerprint density at radius 2 is 2.15 bits per heavy atom. The van der Waals surface area contributed by atoms with E-state index in [9.17, 15) is 0 Å². The van der Waals surface area contributed by atoms with E-state index in [0.717, 1.165) is 34.7 Å². The molecule has 0 radical (unpaired) electrons. The van der Waals surface area contributed by atoms with E-state index in [4.69, 9.17) is 10.5 Å². The van der Waals surface area contributed by atoms with E-state index in [1.807, 2.05) is 24.3 Å². The first-order chi connectivity index (χ1) is 9.65. The summed E-state index contributed by atoms with van der Waals surface area (Å²) in [7, 11) is 0. The molecule has 106 valence electrons. The fourth-order valence-corrected chi connectivity index (χ4v) is 2.97. The molecule has 1 aliphatic rings. The van der Waals surface area contributed by atoms with Crippen molar-refractivity contribution in [2.45, 2.75) is 44.8 Å². The maximum atomic E-state index is 6.39. The molecule has 0 saturated heterocycles. The van der Waals surface area contributed by atoms with Crippen LogP contribution in [0.1, 0.15) is 54.8 Å². The number of nitrogens with zero attached hydrogens (tertiary/aromatic N) is 2. The lowest BCUT2D eigenvalue weighted by Crippen LogP contribution is -2.13. The van der Waals surface area contributed by atoms with Crippen molar-refractivity contribution >= 4 is 11.5 Å². The molecular formula is C15H19N3OS. The van der Waals surface area contributed by atoms with Crippen molar-refractivity contribution in [1.82, 2.24) is 9.59 Å². The van der Waals surface area contributed by atoms with Gasteiger partial charge in [0, 0.05) is 0 Å². The van der Waals surface area contributed by atoms with Crippen LogP contribution in [0.15, 0.2) is 24.3 Å². The van der Waals surface area contributed by atoms with Crippen LogP contribution in [0.5, 0.6) is 5.75 Å². The summed E-state index contributed by atoms with van der Waals surface area (Å²) < 4.78 is 9.88. The van der Waals surface area contributed by atoms with Crippen LogP contribution in [-0.4, -0.2) is 15.7 Å². The Kier molecular flexibility index (Phi) is 3.72. The van der Waals surface area contributed by atoms with Crippen LogP contribution in [0, 0.1) is 0 Å². The Bertz CT molecular complexity index is 592. The number of hydrogen-bond donors (Lipinski definition) is 1. The zero-order chi connectivity index (χ0) is 14.1. The molecule has 4 nitrogen and oxygen atoms in total. The summed E-state index contributed by atoms with van der Waals surface area (Å²) >= 11 is 1.39. The smallest absolute Gasteiger partial charge is 0.120 e. The lowest BCUT2D eigenvalue weighted by molar-refractivity contribution is 0.303. The molecule has 0 bridgehead atoms. The highest BCUT2D eigenvalue weighted by Gasteiger charge is 2.24. The van der Waals surface area contributed by atoms with E-state index in [1.54, 1.807) is 0 Å². The maximum absolute atomic E-state index is 6.39. The van der Waals surface area contributed by atoms with Gasteiger partial charge < -0.3 is 10.5 Å². The Labute approximate surface area is 123 Å². The third-order valence-electron chi connectivity index (χ3n) is 3.41. The largest absolute Gasteiger partial charge is 0.490 e. The maximum Gasteiger partial charge on any atom is 0.120 e. The number of hydrogen-bond acceptors (Lipinski definition) is 5. The Morgan fingerprint density at radius 3 is 2.85 bits per heavy atom. The lowest BCUT2D eigenvalue weighted by atomic mass is 10.0. The summed E-state index contributed by atoms with van der Waals surface area (Å²) in [5.41, 5.74) is 8.44. The number of nitrogens with two attached hydrogens (primary N) is 1. The van der Waals surface area contributed by atoms with Crippen molar-refractivity contribution in [2.24, 2.45) is 5.73 Å². The summed E-state index contributed by atoms with van der Waals surface area (Å²) in [4.78, 5) is 1.04. The molecule has 1 saturated carbocycles. The number of aromatic nitrogens is 2. The van der Waals surface area contributed by atoms with E-state index >= 15 is 0 Å². The van der Waals surface area contributed by atoms with Crippen molar-refractivity contribution in [3.63, 3.8) is 0 Å². The molecule has 1 fully saturated rings. The van der Waals surface area contributed by atoms with Crippen molar-refractivity contribution in [3.05, 3.63) is 40.4 Å². The molecule has 1 aromatic heterocycles. The lowest BCUT2D eigenvalue weighted by Gasteiger charge is -2.14. The predicted molar refractivity (Wildman–Crippen MR) is 80.1 cm³/mol. The molecular weight excluding hydrogens is 270 g/mol. The van der Waals surface area contributed by atoms with Gasteiger partial charge in [0.25, 0.3) is 0 Å². The third-order valence-corrected chi connectivity index (χ3v) is 4.24. The number of rotatable bonds is 5. The van der Waals surface area contributed by atoms with Crippen LogP contribution in [0.2, 0.25) is 0 Å². The Morgan fingerprint density at radius 1 is 1.35 bits per heavy atom. The van der Waals surface area contributed by atoms with Gasteiger partial charge in [0.15, 0.2) is 0 Å². The first-order valence-corrected chi connectivity index (χ1v) is 7.77. The average Bonchev–Trinajstić information content (AvgIpc) is 3.10. The number of benzene rings is 1. The van der Waals surface area contributed by atoms with Gasteiger partial charge in [0.1, 0.15) is 5.75 Å². The van der Waals surface area contributed by atoms with Crippen LogP contribution in [0.4, 0.5) is 0 Å². The van der Waals surface area contributed by atoms with Gasteiger partial charge in [-0.15, -0.1) is 5.10 Å². The van der Waals surface area contributed by atoms with Crippen molar-refractivity contribution < 1.29 is 4.74 Å². The van der Waals surface area contributed by atoms with E-state index in [1.165, 1.54) is 11.5 Å². The van der Waals surface area contributed by atoms with Crippen molar-refractivity contribution in [1.29, 1.82) is 0 Å². The molecule has 5 heteroatoms. The Balaban J connectivity index is 1.85. The van der Waals surface area contributed by atoms with E-state index in [2.05, 4.69) is 23.4 Å². The molecule has 0 spiro atoms. The van der Waals surface area contributed by atoms with Crippen molar-refractivity contribution in [3.8, 4) is 5.75 Å². The zero-order valence-corrected chi connectivity index (χ0v) is 12.6. The highest BCUT2D eigenvalue weighted by atomic mass is 32.1. The zero-order valence-electron chi connectivity index (χ0n) is 11.7. The fraction of sp³-hybridized carbons (Fsp3) is 0.467. The summed E-state index contributed by atoms with van der Waals surface area (Å²) in [5, 5.41) is 4.20. The molecule has 1 heterocycles. The van der Waals surface area contributed by atoms with Gasteiger partial charge in [-0.1, -0.05) is 30.5 Å². The molecule has 1 aromatic carbocycles. The Hall–Kier alpha value is -1.46. The SMILES string of the molecule is CC(C)c1nnsc1C(N)c1cccc(OC2CC2)c1. The normalized spacial score (nSPS) is 16.4. The second-order valence-electron chi connectivity index (χ2n) is 5.54. The molecule has 1 aliphatic carbocycles. The quantitative estimate of drug-likeness (QED) is 0.918. The minimum Gasteiger partial charge on any atom is -0.490 e. The first-order valence-electron chi connectivity index (χ1n) is 6.99. The molecule has 0 aliphatic heterocycles. The van der Waals surface area contributed by atoms with E-state index in [0.29, 0.717) is 12.0 Å². The highest BCUT2D eigenvalue weighted by molar-refractivity contribution is 7.05. The molecule has 20 heavy (non-hydrogen) atoms. The van der Waals surface area contributed by atoms with Crippen LogP contribution in [0.25, 0.3) is 0 Å².